The van der Waals surface area contributed by atoms with Crippen LogP contribution in [0.3, 0.4) is 0 Å². The van der Waals surface area contributed by atoms with Gasteiger partial charge in [0, 0.05) is 19.8 Å². The summed E-state index contributed by atoms with van der Waals surface area (Å²) in [6.07, 6.45) is 6.68. The lowest BCUT2D eigenvalue weighted by Crippen LogP contribution is -2.13. The number of allylic oxidation sites excluding steroid dienone is 1. The Kier molecular flexibility index (Phi) is 5.09. The Morgan fingerprint density at radius 3 is 3.00 bits per heavy atom. The molecule has 1 fully saturated rings. The summed E-state index contributed by atoms with van der Waals surface area (Å²) in [5.74, 6) is 1.34. The second kappa shape index (κ2) is 6.17. The lowest BCUT2D eigenvalue weighted by molar-refractivity contribution is 0.0806. The van der Waals surface area contributed by atoms with Crippen LogP contribution >= 0.6 is 0 Å². The third-order valence-corrected chi connectivity index (χ3v) is 2.80. The molecular weight excluding hydrogens is 164 g/mol. The van der Waals surface area contributed by atoms with Crippen LogP contribution in [-0.4, -0.2) is 24.9 Å². The van der Waals surface area contributed by atoms with E-state index >= 15 is 0 Å². The number of aliphatic hydroxyl groups excluding tert-OH is 1. The van der Waals surface area contributed by atoms with Gasteiger partial charge in [0.2, 0.25) is 0 Å². The predicted octanol–water partition coefficient (Wildman–Crippen LogP) is 1.99. The lowest BCUT2D eigenvalue weighted by Gasteiger charge is -2.15. The molecular formula is C11H20O2. The molecule has 2 nitrogen and oxygen atoms in total. The summed E-state index contributed by atoms with van der Waals surface area (Å²) in [6.45, 7) is 5.61. The smallest absolute Gasteiger partial charge is 0.0499 e. The second-order valence-corrected chi connectivity index (χ2v) is 3.74. The molecule has 0 bridgehead atoms. The zero-order chi connectivity index (χ0) is 9.52. The molecule has 0 saturated heterocycles. The summed E-state index contributed by atoms with van der Waals surface area (Å²) < 4.78 is 5.48. The quantitative estimate of drug-likeness (QED) is 0.505. The molecule has 1 aliphatic carbocycles. The van der Waals surface area contributed by atoms with Gasteiger partial charge in [0.05, 0.1) is 0 Å². The maximum Gasteiger partial charge on any atom is 0.0499 e. The molecule has 76 valence electrons. The number of rotatable bonds is 6. The third kappa shape index (κ3) is 3.49. The predicted molar refractivity (Wildman–Crippen MR) is 53.5 cm³/mol. The minimum absolute atomic E-state index is 0.232. The highest BCUT2D eigenvalue weighted by atomic mass is 16.5. The number of ether oxygens (including phenoxy) is 1. The molecule has 0 amide bonds. The Morgan fingerprint density at radius 2 is 2.31 bits per heavy atom. The molecule has 0 aromatic heterocycles. The first-order chi connectivity index (χ1) is 6.38. The summed E-state index contributed by atoms with van der Waals surface area (Å²) in [5, 5.41) is 8.56. The van der Waals surface area contributed by atoms with Crippen molar-refractivity contribution < 1.29 is 9.84 Å². The van der Waals surface area contributed by atoms with Crippen molar-refractivity contribution in [3.8, 4) is 0 Å². The zero-order valence-corrected chi connectivity index (χ0v) is 8.24. The van der Waals surface area contributed by atoms with Crippen LogP contribution in [0.1, 0.15) is 25.7 Å². The molecule has 2 atom stereocenters. The van der Waals surface area contributed by atoms with Gasteiger partial charge in [-0.3, -0.25) is 0 Å². The van der Waals surface area contributed by atoms with Gasteiger partial charge in [0.25, 0.3) is 0 Å². The molecule has 1 aliphatic rings. The second-order valence-electron chi connectivity index (χ2n) is 3.74. The first-order valence-electron chi connectivity index (χ1n) is 5.19. The van der Waals surface area contributed by atoms with Crippen molar-refractivity contribution >= 4 is 0 Å². The molecule has 2 heteroatoms. The van der Waals surface area contributed by atoms with Gasteiger partial charge in [-0.1, -0.05) is 12.5 Å². The fraction of sp³-hybridized carbons (Fsp3) is 0.818. The highest BCUT2D eigenvalue weighted by molar-refractivity contribution is 4.89. The molecule has 1 saturated carbocycles. The number of hydrogen-bond acceptors (Lipinski definition) is 2. The number of aliphatic hydroxyl groups is 1. The number of hydrogen-bond donors (Lipinski definition) is 1. The van der Waals surface area contributed by atoms with Gasteiger partial charge in [-0.25, -0.2) is 0 Å². The van der Waals surface area contributed by atoms with Gasteiger partial charge in [-0.05, 0) is 31.1 Å². The van der Waals surface area contributed by atoms with Crippen LogP contribution in [0.25, 0.3) is 0 Å². The molecule has 0 aliphatic heterocycles. The van der Waals surface area contributed by atoms with Crippen LogP contribution in [0.15, 0.2) is 12.7 Å². The van der Waals surface area contributed by atoms with Gasteiger partial charge in [-0.2, -0.15) is 0 Å². The van der Waals surface area contributed by atoms with Gasteiger partial charge in [-0.15, -0.1) is 6.58 Å². The SMILES string of the molecule is C=CC1CCCC1COCCCO. The van der Waals surface area contributed by atoms with Crippen molar-refractivity contribution in [3.63, 3.8) is 0 Å². The average molecular weight is 184 g/mol. The molecule has 1 N–H and O–H groups in total. The Morgan fingerprint density at radius 1 is 1.46 bits per heavy atom. The highest BCUT2D eigenvalue weighted by Gasteiger charge is 2.24. The van der Waals surface area contributed by atoms with E-state index in [-0.39, 0.29) is 6.61 Å². The first-order valence-corrected chi connectivity index (χ1v) is 5.19. The Balaban J connectivity index is 2.09. The topological polar surface area (TPSA) is 29.5 Å². The van der Waals surface area contributed by atoms with E-state index in [4.69, 9.17) is 9.84 Å². The Labute approximate surface area is 80.6 Å². The van der Waals surface area contributed by atoms with Crippen molar-refractivity contribution in [2.75, 3.05) is 19.8 Å². The minimum atomic E-state index is 0.232. The largest absolute Gasteiger partial charge is 0.396 e. The Hall–Kier alpha value is -0.340. The molecule has 0 heterocycles. The van der Waals surface area contributed by atoms with Crippen molar-refractivity contribution in [1.29, 1.82) is 0 Å². The van der Waals surface area contributed by atoms with Crippen molar-refractivity contribution in [2.45, 2.75) is 25.7 Å². The van der Waals surface area contributed by atoms with Gasteiger partial charge in [0.1, 0.15) is 0 Å². The summed E-state index contributed by atoms with van der Waals surface area (Å²) >= 11 is 0. The fourth-order valence-electron chi connectivity index (χ4n) is 1.98. The van der Waals surface area contributed by atoms with Crippen LogP contribution in [0.2, 0.25) is 0 Å². The molecule has 0 aromatic rings. The molecule has 0 aromatic carbocycles. The third-order valence-electron chi connectivity index (χ3n) is 2.80. The van der Waals surface area contributed by atoms with Crippen molar-refractivity contribution in [3.05, 3.63) is 12.7 Å². The lowest BCUT2D eigenvalue weighted by atomic mass is 9.97. The normalized spacial score (nSPS) is 27.8. The molecule has 0 radical (unpaired) electrons. The minimum Gasteiger partial charge on any atom is -0.396 e. The van der Waals surface area contributed by atoms with E-state index < -0.39 is 0 Å². The van der Waals surface area contributed by atoms with E-state index in [0.717, 1.165) is 13.0 Å². The average Bonchev–Trinajstić information content (AvgIpc) is 2.60. The summed E-state index contributed by atoms with van der Waals surface area (Å²) in [4.78, 5) is 0. The van der Waals surface area contributed by atoms with Crippen LogP contribution in [-0.2, 0) is 4.74 Å². The van der Waals surface area contributed by atoms with Gasteiger partial charge in [0.15, 0.2) is 0 Å². The van der Waals surface area contributed by atoms with Crippen LogP contribution < -0.4 is 0 Å². The summed E-state index contributed by atoms with van der Waals surface area (Å²) in [5.41, 5.74) is 0. The molecule has 0 spiro atoms. The first kappa shape index (κ1) is 10.7. The standard InChI is InChI=1S/C11H20O2/c1-2-10-5-3-6-11(10)9-13-8-4-7-12/h2,10-12H,1,3-9H2. The molecule has 1 rings (SSSR count). The Bertz CT molecular complexity index is 145. The van der Waals surface area contributed by atoms with Gasteiger partial charge >= 0.3 is 0 Å². The van der Waals surface area contributed by atoms with Gasteiger partial charge < -0.3 is 9.84 Å². The van der Waals surface area contributed by atoms with Crippen molar-refractivity contribution in [2.24, 2.45) is 11.8 Å². The van der Waals surface area contributed by atoms with E-state index in [9.17, 15) is 0 Å². The van der Waals surface area contributed by atoms with Crippen molar-refractivity contribution in [1.82, 2.24) is 0 Å². The monoisotopic (exact) mass is 184 g/mol. The van der Waals surface area contributed by atoms with Crippen LogP contribution in [0.5, 0.6) is 0 Å². The van der Waals surface area contributed by atoms with Crippen LogP contribution in [0, 0.1) is 11.8 Å². The van der Waals surface area contributed by atoms with E-state index in [1.54, 1.807) is 0 Å². The van der Waals surface area contributed by atoms with E-state index in [1.807, 2.05) is 0 Å². The van der Waals surface area contributed by atoms with E-state index in [0.29, 0.717) is 18.4 Å². The van der Waals surface area contributed by atoms with Crippen LogP contribution in [0.4, 0.5) is 0 Å². The molecule has 2 unspecified atom stereocenters. The summed E-state index contributed by atoms with van der Waals surface area (Å²) in [6, 6.07) is 0. The molecule has 13 heavy (non-hydrogen) atoms. The maximum atomic E-state index is 8.56. The van der Waals surface area contributed by atoms with E-state index in [2.05, 4.69) is 12.7 Å². The zero-order valence-electron chi connectivity index (χ0n) is 8.24. The highest BCUT2D eigenvalue weighted by Crippen LogP contribution is 2.32. The van der Waals surface area contributed by atoms with E-state index in [1.165, 1.54) is 19.3 Å². The maximum absolute atomic E-state index is 8.56. The summed E-state index contributed by atoms with van der Waals surface area (Å²) in [7, 11) is 0. The fourth-order valence-corrected chi connectivity index (χ4v) is 1.98.